The molecule has 1 atom stereocenters. The summed E-state index contributed by atoms with van der Waals surface area (Å²) in [5, 5.41) is 0. The molecule has 0 aromatic carbocycles. The molecule has 2 aliphatic rings. The van der Waals surface area contributed by atoms with Gasteiger partial charge in [0.25, 0.3) is 0 Å². The number of carbonyl (C=O) groups is 1. The zero-order valence-electron chi connectivity index (χ0n) is 18.2. The maximum Gasteiger partial charge on any atom is 0.508 e. The van der Waals surface area contributed by atoms with Gasteiger partial charge in [-0.25, -0.2) is 4.79 Å². The molecule has 3 nitrogen and oxygen atoms in total. The Morgan fingerprint density at radius 3 is 2.07 bits per heavy atom. The molecule has 3 heteroatoms. The molecule has 0 aliphatic heterocycles. The van der Waals surface area contributed by atoms with Crippen molar-refractivity contribution in [3.05, 3.63) is 0 Å². The van der Waals surface area contributed by atoms with Crippen LogP contribution in [0.3, 0.4) is 0 Å². The van der Waals surface area contributed by atoms with Gasteiger partial charge in [-0.1, -0.05) is 58.8 Å². The molecule has 0 aromatic rings. The van der Waals surface area contributed by atoms with Crippen LogP contribution in [0.1, 0.15) is 117 Å². The second kappa shape index (κ2) is 12.7. The van der Waals surface area contributed by atoms with E-state index in [1.807, 2.05) is 6.92 Å². The van der Waals surface area contributed by atoms with Gasteiger partial charge in [-0.15, -0.1) is 0 Å². The second-order valence-electron chi connectivity index (χ2n) is 9.25. The summed E-state index contributed by atoms with van der Waals surface area (Å²) < 4.78 is 11.1. The largest absolute Gasteiger partial charge is 0.508 e. The van der Waals surface area contributed by atoms with Crippen molar-refractivity contribution in [2.75, 3.05) is 0 Å². The molecule has 2 saturated carbocycles. The highest BCUT2D eigenvalue weighted by atomic mass is 16.7. The number of carbonyl (C=O) groups excluding carboxylic acids is 1. The fourth-order valence-electron chi connectivity index (χ4n) is 5.28. The molecular weight excluding hydrogens is 336 g/mol. The summed E-state index contributed by atoms with van der Waals surface area (Å²) in [4.78, 5) is 12.0. The average Bonchev–Trinajstić information content (AvgIpc) is 2.67. The third kappa shape index (κ3) is 8.44. The molecule has 0 amide bonds. The van der Waals surface area contributed by atoms with Gasteiger partial charge in [-0.3, -0.25) is 0 Å². The molecule has 2 fully saturated rings. The molecule has 0 unspecified atom stereocenters. The molecule has 27 heavy (non-hydrogen) atoms. The van der Waals surface area contributed by atoms with Crippen LogP contribution in [0.25, 0.3) is 0 Å². The van der Waals surface area contributed by atoms with Gasteiger partial charge in [0.1, 0.15) is 12.2 Å². The predicted molar refractivity (Wildman–Crippen MR) is 112 cm³/mol. The number of unbranched alkanes of at least 4 members (excludes halogenated alkanes) is 3. The van der Waals surface area contributed by atoms with Gasteiger partial charge in [-0.05, 0) is 76.0 Å². The minimum atomic E-state index is -0.443. The van der Waals surface area contributed by atoms with Crippen molar-refractivity contribution in [1.82, 2.24) is 0 Å². The van der Waals surface area contributed by atoms with Crippen molar-refractivity contribution in [1.29, 1.82) is 0 Å². The predicted octanol–water partition coefficient (Wildman–Crippen LogP) is 7.66. The van der Waals surface area contributed by atoms with E-state index < -0.39 is 6.16 Å². The topological polar surface area (TPSA) is 35.5 Å². The molecule has 0 saturated heterocycles. The lowest BCUT2D eigenvalue weighted by Gasteiger charge is -2.37. The number of ether oxygens (including phenoxy) is 2. The molecule has 0 N–H and O–H groups in total. The van der Waals surface area contributed by atoms with Crippen LogP contribution in [0, 0.1) is 17.8 Å². The molecule has 0 bridgehead atoms. The van der Waals surface area contributed by atoms with Gasteiger partial charge < -0.3 is 9.47 Å². The summed E-state index contributed by atoms with van der Waals surface area (Å²) >= 11 is 0. The lowest BCUT2D eigenvalue weighted by molar-refractivity contribution is -0.0174. The number of hydrogen-bond donors (Lipinski definition) is 0. The van der Waals surface area contributed by atoms with E-state index in [1.165, 1.54) is 70.6 Å². The summed E-state index contributed by atoms with van der Waals surface area (Å²) in [6.07, 6.45) is 18.4. The minimum Gasteiger partial charge on any atom is -0.431 e. The van der Waals surface area contributed by atoms with E-state index >= 15 is 0 Å². The van der Waals surface area contributed by atoms with Crippen LogP contribution in [0.5, 0.6) is 0 Å². The number of hydrogen-bond acceptors (Lipinski definition) is 3. The van der Waals surface area contributed by atoms with Crippen LogP contribution in [-0.4, -0.2) is 18.4 Å². The summed E-state index contributed by atoms with van der Waals surface area (Å²) in [5.74, 6) is 2.78. The highest BCUT2D eigenvalue weighted by Crippen LogP contribution is 2.41. The quantitative estimate of drug-likeness (QED) is 0.288. The fourth-order valence-corrected chi connectivity index (χ4v) is 5.28. The Morgan fingerprint density at radius 1 is 0.852 bits per heavy atom. The Balaban J connectivity index is 1.58. The smallest absolute Gasteiger partial charge is 0.431 e. The SMILES string of the molecule is CCCCCC[C@@H](C)OC(=O)OC1CCC(C2CCC(CCC)CC2)CC1. The minimum absolute atomic E-state index is 0.0241. The van der Waals surface area contributed by atoms with Crippen LogP contribution in [0.2, 0.25) is 0 Å². The van der Waals surface area contributed by atoms with Crippen molar-refractivity contribution in [2.45, 2.75) is 129 Å². The number of rotatable bonds is 10. The van der Waals surface area contributed by atoms with Crippen molar-refractivity contribution >= 4 is 6.16 Å². The fraction of sp³-hybridized carbons (Fsp3) is 0.958. The Kier molecular flexibility index (Phi) is 10.6. The Morgan fingerprint density at radius 2 is 1.48 bits per heavy atom. The zero-order chi connectivity index (χ0) is 19.5. The summed E-state index contributed by atoms with van der Waals surface area (Å²) in [6, 6.07) is 0. The molecule has 0 heterocycles. The lowest BCUT2D eigenvalue weighted by Crippen LogP contribution is -2.30. The first-order valence-corrected chi connectivity index (χ1v) is 12.0. The van der Waals surface area contributed by atoms with Crippen LogP contribution in [0.4, 0.5) is 4.79 Å². The lowest BCUT2D eigenvalue weighted by atomic mass is 9.70. The molecule has 2 rings (SSSR count). The Labute approximate surface area is 168 Å². The van der Waals surface area contributed by atoms with Gasteiger partial charge in [0.05, 0.1) is 0 Å². The van der Waals surface area contributed by atoms with E-state index in [2.05, 4.69) is 13.8 Å². The van der Waals surface area contributed by atoms with Crippen molar-refractivity contribution in [3.8, 4) is 0 Å². The van der Waals surface area contributed by atoms with Gasteiger partial charge in [0.15, 0.2) is 0 Å². The molecule has 0 aromatic heterocycles. The van der Waals surface area contributed by atoms with Crippen LogP contribution in [0.15, 0.2) is 0 Å². The van der Waals surface area contributed by atoms with Crippen LogP contribution in [-0.2, 0) is 9.47 Å². The van der Waals surface area contributed by atoms with Gasteiger partial charge in [0, 0.05) is 0 Å². The molecular formula is C24H44O3. The molecule has 0 radical (unpaired) electrons. The molecule has 158 valence electrons. The summed E-state index contributed by atoms with van der Waals surface area (Å²) in [5.41, 5.74) is 0. The van der Waals surface area contributed by atoms with Crippen molar-refractivity contribution in [2.24, 2.45) is 17.8 Å². The second-order valence-corrected chi connectivity index (χ2v) is 9.25. The van der Waals surface area contributed by atoms with E-state index in [9.17, 15) is 4.79 Å². The van der Waals surface area contributed by atoms with E-state index in [0.29, 0.717) is 0 Å². The monoisotopic (exact) mass is 380 g/mol. The first-order valence-electron chi connectivity index (χ1n) is 12.0. The van der Waals surface area contributed by atoms with Gasteiger partial charge >= 0.3 is 6.16 Å². The van der Waals surface area contributed by atoms with E-state index in [0.717, 1.165) is 43.4 Å². The summed E-state index contributed by atoms with van der Waals surface area (Å²) in [6.45, 7) is 6.51. The van der Waals surface area contributed by atoms with E-state index in [-0.39, 0.29) is 12.2 Å². The van der Waals surface area contributed by atoms with Crippen molar-refractivity contribution < 1.29 is 14.3 Å². The third-order valence-corrected chi connectivity index (χ3v) is 7.00. The Bertz CT molecular complexity index is 392. The standard InChI is InChI=1S/C24H44O3/c1-4-6-7-8-10-19(3)26-24(25)27-23-17-15-22(16-18-23)21-13-11-20(9-5-2)12-14-21/h19-23H,4-18H2,1-3H3/t19-,20?,21?,22?,23?/m1/s1. The molecule has 0 spiro atoms. The normalized spacial score (nSPS) is 29.9. The highest BCUT2D eigenvalue weighted by molar-refractivity contribution is 5.60. The third-order valence-electron chi connectivity index (χ3n) is 7.00. The van der Waals surface area contributed by atoms with Gasteiger partial charge in [0.2, 0.25) is 0 Å². The van der Waals surface area contributed by atoms with Crippen LogP contribution < -0.4 is 0 Å². The van der Waals surface area contributed by atoms with Crippen molar-refractivity contribution in [3.63, 3.8) is 0 Å². The molecule has 2 aliphatic carbocycles. The van der Waals surface area contributed by atoms with Crippen LogP contribution >= 0.6 is 0 Å². The maximum absolute atomic E-state index is 12.0. The Hall–Kier alpha value is -0.730. The first kappa shape index (κ1) is 22.6. The van der Waals surface area contributed by atoms with E-state index in [1.54, 1.807) is 0 Å². The highest BCUT2D eigenvalue weighted by Gasteiger charge is 2.32. The van der Waals surface area contributed by atoms with E-state index in [4.69, 9.17) is 9.47 Å². The zero-order valence-corrected chi connectivity index (χ0v) is 18.2. The maximum atomic E-state index is 12.0. The van der Waals surface area contributed by atoms with Gasteiger partial charge in [-0.2, -0.15) is 0 Å². The first-order chi connectivity index (χ1) is 13.1. The summed E-state index contributed by atoms with van der Waals surface area (Å²) in [7, 11) is 0. The average molecular weight is 381 g/mol.